The summed E-state index contributed by atoms with van der Waals surface area (Å²) in [4.78, 5) is 24.0. The van der Waals surface area contributed by atoms with Crippen LogP contribution in [0.1, 0.15) is 38.5 Å². The molecule has 0 saturated carbocycles. The zero-order valence-corrected chi connectivity index (χ0v) is 9.52. The third kappa shape index (κ3) is 4.18. The minimum atomic E-state index is -0.904. The number of nitrogens with two attached hydrogens (primary N) is 1. The fourth-order valence-electron chi connectivity index (χ4n) is 1.93. The maximum absolute atomic E-state index is 11.9. The molecule has 0 bridgehead atoms. The lowest BCUT2D eigenvalue weighted by Crippen LogP contribution is -2.44. The summed E-state index contributed by atoms with van der Waals surface area (Å²) in [5.74, 6) is -0.998. The molecule has 5 heteroatoms. The van der Waals surface area contributed by atoms with Gasteiger partial charge in [-0.1, -0.05) is 12.8 Å². The first-order valence-electron chi connectivity index (χ1n) is 5.87. The van der Waals surface area contributed by atoms with Gasteiger partial charge in [0.2, 0.25) is 5.91 Å². The Hall–Kier alpha value is -1.10. The molecule has 0 spiro atoms. The first kappa shape index (κ1) is 13.0. The van der Waals surface area contributed by atoms with E-state index in [0.29, 0.717) is 0 Å². The van der Waals surface area contributed by atoms with Crippen molar-refractivity contribution in [2.75, 3.05) is 13.1 Å². The Morgan fingerprint density at radius 1 is 1.19 bits per heavy atom. The number of amides is 1. The largest absolute Gasteiger partial charge is 0.481 e. The van der Waals surface area contributed by atoms with E-state index in [1.807, 2.05) is 0 Å². The second-order valence-electron chi connectivity index (χ2n) is 4.28. The Balaban J connectivity index is 2.38. The normalized spacial score (nSPS) is 18.9. The summed E-state index contributed by atoms with van der Waals surface area (Å²) in [6, 6.07) is -0.658. The second kappa shape index (κ2) is 6.48. The molecule has 1 fully saturated rings. The minimum absolute atomic E-state index is 0.0409. The first-order valence-corrected chi connectivity index (χ1v) is 5.87. The fourth-order valence-corrected chi connectivity index (χ4v) is 1.93. The molecule has 0 aliphatic carbocycles. The van der Waals surface area contributed by atoms with Crippen LogP contribution in [0.2, 0.25) is 0 Å². The Labute approximate surface area is 95.6 Å². The van der Waals surface area contributed by atoms with Crippen molar-refractivity contribution in [3.63, 3.8) is 0 Å². The highest BCUT2D eigenvalue weighted by molar-refractivity contribution is 5.82. The van der Waals surface area contributed by atoms with Crippen LogP contribution in [0.5, 0.6) is 0 Å². The van der Waals surface area contributed by atoms with E-state index < -0.39 is 12.0 Å². The van der Waals surface area contributed by atoms with Crippen LogP contribution < -0.4 is 5.73 Å². The molecule has 5 nitrogen and oxygen atoms in total. The van der Waals surface area contributed by atoms with E-state index in [0.717, 1.165) is 38.8 Å². The molecule has 0 aromatic heterocycles. The number of nitrogens with zero attached hydrogens (tertiary/aromatic N) is 1. The third-order valence-corrected chi connectivity index (χ3v) is 2.90. The van der Waals surface area contributed by atoms with Crippen LogP contribution in [0.15, 0.2) is 0 Å². The molecule has 1 amide bonds. The van der Waals surface area contributed by atoms with E-state index in [1.165, 1.54) is 0 Å². The number of carboxylic acids is 1. The average molecular weight is 228 g/mol. The van der Waals surface area contributed by atoms with Crippen molar-refractivity contribution >= 4 is 11.9 Å². The van der Waals surface area contributed by atoms with Gasteiger partial charge in [0.25, 0.3) is 0 Å². The lowest BCUT2D eigenvalue weighted by molar-refractivity contribution is -0.137. The van der Waals surface area contributed by atoms with E-state index in [2.05, 4.69) is 0 Å². The highest BCUT2D eigenvalue weighted by atomic mass is 16.4. The summed E-state index contributed by atoms with van der Waals surface area (Å²) in [6.07, 6.45) is 4.56. The topological polar surface area (TPSA) is 83.6 Å². The average Bonchev–Trinajstić information content (AvgIpc) is 2.53. The number of carboxylic acid groups (broad SMARTS) is 1. The third-order valence-electron chi connectivity index (χ3n) is 2.90. The monoisotopic (exact) mass is 228 g/mol. The smallest absolute Gasteiger partial charge is 0.303 e. The SMILES string of the molecule is NC(CCC(=O)O)C(=O)N1CCCCCC1. The lowest BCUT2D eigenvalue weighted by Gasteiger charge is -2.23. The number of aliphatic carboxylic acids is 1. The Morgan fingerprint density at radius 2 is 1.75 bits per heavy atom. The molecule has 1 rings (SSSR count). The van der Waals surface area contributed by atoms with Crippen LogP contribution in [0, 0.1) is 0 Å². The Morgan fingerprint density at radius 3 is 2.25 bits per heavy atom. The van der Waals surface area contributed by atoms with Crippen LogP contribution in [0.3, 0.4) is 0 Å². The molecule has 1 saturated heterocycles. The molecule has 1 unspecified atom stereocenters. The van der Waals surface area contributed by atoms with Gasteiger partial charge in [-0.25, -0.2) is 0 Å². The number of rotatable bonds is 4. The zero-order valence-electron chi connectivity index (χ0n) is 9.52. The minimum Gasteiger partial charge on any atom is -0.481 e. The van der Waals surface area contributed by atoms with Crippen molar-refractivity contribution in [3.05, 3.63) is 0 Å². The first-order chi connectivity index (χ1) is 7.61. The Kier molecular flexibility index (Phi) is 5.25. The number of carbonyl (C=O) groups excluding carboxylic acids is 1. The quantitative estimate of drug-likeness (QED) is 0.737. The van der Waals surface area contributed by atoms with Gasteiger partial charge < -0.3 is 15.7 Å². The summed E-state index contributed by atoms with van der Waals surface area (Å²) in [5, 5.41) is 8.52. The molecule has 1 atom stereocenters. The molecule has 0 radical (unpaired) electrons. The van der Waals surface area contributed by atoms with E-state index in [-0.39, 0.29) is 18.7 Å². The number of hydrogen-bond acceptors (Lipinski definition) is 3. The molecular formula is C11H20N2O3. The van der Waals surface area contributed by atoms with Gasteiger partial charge in [0.1, 0.15) is 0 Å². The van der Waals surface area contributed by atoms with Gasteiger partial charge in [-0.15, -0.1) is 0 Å². The van der Waals surface area contributed by atoms with Crippen molar-refractivity contribution in [2.24, 2.45) is 5.73 Å². The van der Waals surface area contributed by atoms with Crippen molar-refractivity contribution in [3.8, 4) is 0 Å². The van der Waals surface area contributed by atoms with Crippen molar-refractivity contribution < 1.29 is 14.7 Å². The van der Waals surface area contributed by atoms with Crippen LogP contribution in [0.25, 0.3) is 0 Å². The van der Waals surface area contributed by atoms with Gasteiger partial charge in [0.15, 0.2) is 0 Å². The van der Waals surface area contributed by atoms with E-state index in [1.54, 1.807) is 4.90 Å². The zero-order chi connectivity index (χ0) is 12.0. The van der Waals surface area contributed by atoms with Gasteiger partial charge in [-0.3, -0.25) is 9.59 Å². The van der Waals surface area contributed by atoms with E-state index >= 15 is 0 Å². The maximum atomic E-state index is 11.9. The lowest BCUT2D eigenvalue weighted by atomic mass is 10.1. The molecule has 92 valence electrons. The van der Waals surface area contributed by atoms with Crippen LogP contribution in [-0.4, -0.2) is 41.0 Å². The second-order valence-corrected chi connectivity index (χ2v) is 4.28. The van der Waals surface area contributed by atoms with Gasteiger partial charge in [-0.05, 0) is 19.3 Å². The molecule has 1 heterocycles. The van der Waals surface area contributed by atoms with Crippen molar-refractivity contribution in [1.29, 1.82) is 0 Å². The number of hydrogen-bond donors (Lipinski definition) is 2. The summed E-state index contributed by atoms with van der Waals surface area (Å²) in [5.41, 5.74) is 5.69. The molecule has 16 heavy (non-hydrogen) atoms. The van der Waals surface area contributed by atoms with Crippen LogP contribution in [0.4, 0.5) is 0 Å². The number of carbonyl (C=O) groups is 2. The maximum Gasteiger partial charge on any atom is 0.303 e. The summed E-state index contributed by atoms with van der Waals surface area (Å²) < 4.78 is 0. The summed E-state index contributed by atoms with van der Waals surface area (Å²) in [7, 11) is 0. The van der Waals surface area contributed by atoms with E-state index in [4.69, 9.17) is 10.8 Å². The molecule has 0 aromatic rings. The summed E-state index contributed by atoms with van der Waals surface area (Å²) in [6.45, 7) is 1.53. The highest BCUT2D eigenvalue weighted by Crippen LogP contribution is 2.11. The molecule has 0 aromatic carbocycles. The van der Waals surface area contributed by atoms with Gasteiger partial charge >= 0.3 is 5.97 Å². The van der Waals surface area contributed by atoms with Gasteiger partial charge in [0, 0.05) is 19.5 Å². The Bertz CT molecular complexity index is 248. The molecule has 1 aliphatic rings. The van der Waals surface area contributed by atoms with Crippen LogP contribution in [-0.2, 0) is 9.59 Å². The van der Waals surface area contributed by atoms with Crippen molar-refractivity contribution in [2.45, 2.75) is 44.6 Å². The van der Waals surface area contributed by atoms with E-state index in [9.17, 15) is 9.59 Å². The fraction of sp³-hybridized carbons (Fsp3) is 0.818. The molecule has 3 N–H and O–H groups in total. The summed E-state index contributed by atoms with van der Waals surface area (Å²) >= 11 is 0. The molecule has 1 aliphatic heterocycles. The predicted molar refractivity (Wildman–Crippen MR) is 59.9 cm³/mol. The molecular weight excluding hydrogens is 208 g/mol. The highest BCUT2D eigenvalue weighted by Gasteiger charge is 2.22. The predicted octanol–water partition coefficient (Wildman–Crippen LogP) is 0.581. The van der Waals surface area contributed by atoms with Gasteiger partial charge in [0.05, 0.1) is 6.04 Å². The standard InChI is InChI=1S/C11H20N2O3/c12-9(5-6-10(14)15)11(16)13-7-3-1-2-4-8-13/h9H,1-8,12H2,(H,14,15). The van der Waals surface area contributed by atoms with Crippen molar-refractivity contribution in [1.82, 2.24) is 4.90 Å². The van der Waals surface area contributed by atoms with Crippen LogP contribution >= 0.6 is 0 Å². The van der Waals surface area contributed by atoms with Gasteiger partial charge in [-0.2, -0.15) is 0 Å². The number of likely N-dealkylation sites (tertiary alicyclic amines) is 1.